The Labute approximate surface area is 153 Å². The third-order valence-corrected chi connectivity index (χ3v) is 1.50. The summed E-state index contributed by atoms with van der Waals surface area (Å²) in [7, 11) is -5.87. The number of hydrogen-bond donors (Lipinski definition) is 3. The van der Waals surface area contributed by atoms with Gasteiger partial charge in [-0.15, -0.1) is 4.20 Å². The minimum absolute atomic E-state index is 0. The van der Waals surface area contributed by atoms with Crippen LogP contribution >= 0.6 is 20.1 Å². The van der Waals surface area contributed by atoms with Crippen LogP contribution in [0, 0.1) is 5.41 Å². The van der Waals surface area contributed by atoms with Crippen LogP contribution in [0.25, 0.3) is 0 Å². The first-order chi connectivity index (χ1) is 8.07. The monoisotopic (exact) mass is 343 g/mol. The maximum atomic E-state index is 12.5. The van der Waals surface area contributed by atoms with Crippen LogP contribution < -0.4 is 51.4 Å². The summed E-state index contributed by atoms with van der Waals surface area (Å²) in [4.78, 5) is 39.8. The predicted molar refractivity (Wildman–Crippen MR) is 52.6 cm³/mol. The molecular formula is C5H4FKNO9PS. The Balaban J connectivity index is -0.000000233. The van der Waals surface area contributed by atoms with E-state index >= 15 is 0 Å². The largest absolute Gasteiger partial charge is 1.00 e. The molecule has 10 nitrogen and oxygen atoms in total. The standard InChI is InChI=1S/C4H2FO9P.CHNS.K.H/c5-15(12,13-3(10)1(6)7)14-4(11)2(8)9;2-1-3;;/h(H,6,7)(H,8,9);2H;;/q;;+1;-1. The van der Waals surface area contributed by atoms with E-state index in [1.54, 1.807) is 5.16 Å². The Morgan fingerprint density at radius 1 is 1.16 bits per heavy atom. The number of halogens is 1. The molecule has 0 bridgehead atoms. The number of carbonyl (C=O) groups excluding carboxylic acids is 2. The van der Waals surface area contributed by atoms with E-state index in [1.807, 2.05) is 0 Å². The van der Waals surface area contributed by atoms with Gasteiger partial charge >= 0.3 is 83.2 Å². The summed E-state index contributed by atoms with van der Waals surface area (Å²) in [6.45, 7) is 0. The van der Waals surface area contributed by atoms with Gasteiger partial charge in [-0.2, -0.15) is 0 Å². The number of carboxylic acids is 2. The third kappa shape index (κ3) is 13.7. The van der Waals surface area contributed by atoms with Gasteiger partial charge in [0.1, 0.15) is 0 Å². The number of nitrogens with one attached hydrogen (secondary N) is 1. The van der Waals surface area contributed by atoms with Gasteiger partial charge in [0.05, 0.1) is 5.16 Å². The molecule has 0 aromatic carbocycles. The smallest absolute Gasteiger partial charge is 1.00 e. The van der Waals surface area contributed by atoms with E-state index < -0.39 is 31.8 Å². The molecule has 0 amide bonds. The van der Waals surface area contributed by atoms with Gasteiger partial charge in [-0.3, -0.25) is 0 Å². The Hall–Kier alpha value is -0.524. The molecule has 0 aliphatic carbocycles. The van der Waals surface area contributed by atoms with Gasteiger partial charge in [0.25, 0.3) is 0 Å². The van der Waals surface area contributed by atoms with E-state index in [9.17, 15) is 27.9 Å². The summed E-state index contributed by atoms with van der Waals surface area (Å²) in [5.74, 6) is -9.17. The van der Waals surface area contributed by atoms with Crippen molar-refractivity contribution in [2.45, 2.75) is 0 Å². The topological polar surface area (TPSA) is 168 Å². The number of rotatable bonds is 2. The molecule has 0 saturated carbocycles. The first-order valence-corrected chi connectivity index (χ1v) is 5.18. The molecule has 0 saturated heterocycles. The summed E-state index contributed by atoms with van der Waals surface area (Å²) in [5.41, 5.74) is 0. The molecule has 19 heavy (non-hydrogen) atoms. The van der Waals surface area contributed by atoms with Crippen LogP contribution in [0.4, 0.5) is 4.20 Å². The van der Waals surface area contributed by atoms with Crippen molar-refractivity contribution < 1.29 is 100 Å². The van der Waals surface area contributed by atoms with Crippen molar-refractivity contribution >= 4 is 49.2 Å². The molecule has 0 aliphatic rings. The van der Waals surface area contributed by atoms with Gasteiger partial charge in [0.2, 0.25) is 0 Å². The zero-order valence-electron chi connectivity index (χ0n) is 9.99. The SMILES string of the molecule is N=C=S.O=C(O)C(=O)OP(=O)(F)OC(=O)C(=O)O.[H-].[K+]. The predicted octanol–water partition coefficient (Wildman–Crippen LogP) is -2.90. The van der Waals surface area contributed by atoms with Crippen molar-refractivity contribution in [3.8, 4) is 0 Å². The summed E-state index contributed by atoms with van der Waals surface area (Å²) >= 11 is 3.81. The third-order valence-electron chi connectivity index (χ3n) is 0.733. The van der Waals surface area contributed by atoms with Gasteiger partial charge < -0.3 is 20.7 Å². The molecule has 3 N–H and O–H groups in total. The quantitative estimate of drug-likeness (QED) is 0.155. The fourth-order valence-corrected chi connectivity index (χ4v) is 0.884. The molecule has 14 heteroatoms. The van der Waals surface area contributed by atoms with Crippen LogP contribution in [0.15, 0.2) is 0 Å². The molecule has 0 spiro atoms. The number of thiocarbonyl (C=S) groups is 1. The first-order valence-electron chi connectivity index (χ1n) is 3.34. The summed E-state index contributed by atoms with van der Waals surface area (Å²) in [6.07, 6.45) is 0. The van der Waals surface area contributed by atoms with E-state index in [0.29, 0.717) is 0 Å². The maximum Gasteiger partial charge on any atom is 1.00 e. The maximum absolute atomic E-state index is 12.5. The molecule has 0 atom stereocenters. The molecule has 0 aromatic rings. The Morgan fingerprint density at radius 2 is 1.37 bits per heavy atom. The van der Waals surface area contributed by atoms with Crippen LogP contribution in [0.3, 0.4) is 0 Å². The molecule has 0 aromatic heterocycles. The normalized spacial score (nSPS) is 8.47. The van der Waals surface area contributed by atoms with Gasteiger partial charge in [0.15, 0.2) is 0 Å². The zero-order chi connectivity index (χ0) is 14.9. The van der Waals surface area contributed by atoms with Crippen molar-refractivity contribution in [1.82, 2.24) is 0 Å². The molecular weight excluding hydrogens is 339 g/mol. The molecule has 0 rings (SSSR count). The van der Waals surface area contributed by atoms with E-state index in [0.717, 1.165) is 0 Å². The fourth-order valence-electron chi connectivity index (χ4n) is 0.295. The number of hydrogen-bond acceptors (Lipinski definition) is 9. The second kappa shape index (κ2) is 11.3. The molecule has 0 aliphatic heterocycles. The van der Waals surface area contributed by atoms with E-state index in [-0.39, 0.29) is 52.8 Å². The van der Waals surface area contributed by atoms with E-state index in [1.165, 1.54) is 0 Å². The number of carboxylic acid groups (broad SMARTS) is 2. The fraction of sp³-hybridized carbons (Fsp3) is 0. The van der Waals surface area contributed by atoms with Crippen LogP contribution in [0.5, 0.6) is 0 Å². The summed E-state index contributed by atoms with van der Waals surface area (Å²) < 4.78 is 28.9. The van der Waals surface area contributed by atoms with Crippen LogP contribution in [-0.2, 0) is 32.8 Å². The second-order valence-corrected chi connectivity index (χ2v) is 3.33. The Bertz CT molecular complexity index is 435. The average molecular weight is 343 g/mol. The summed E-state index contributed by atoms with van der Waals surface area (Å²) in [6, 6.07) is 0. The number of carbonyl (C=O) groups is 4. The van der Waals surface area contributed by atoms with Gasteiger partial charge in [-0.25, -0.2) is 29.2 Å². The molecule has 102 valence electrons. The van der Waals surface area contributed by atoms with Crippen molar-refractivity contribution in [3.05, 3.63) is 0 Å². The Morgan fingerprint density at radius 3 is 1.53 bits per heavy atom. The molecule has 0 heterocycles. The van der Waals surface area contributed by atoms with E-state index in [2.05, 4.69) is 21.3 Å². The molecule has 0 radical (unpaired) electrons. The van der Waals surface area contributed by atoms with Gasteiger partial charge in [0, 0.05) is 0 Å². The average Bonchev–Trinajstić information content (AvgIpc) is 2.16. The van der Waals surface area contributed by atoms with Crippen LogP contribution in [-0.4, -0.2) is 39.3 Å². The Kier molecular flexibility index (Phi) is 14.0. The minimum Gasteiger partial charge on any atom is -1.00 e. The van der Waals surface area contributed by atoms with E-state index in [4.69, 9.17) is 15.6 Å². The molecule has 0 unspecified atom stereocenters. The first kappa shape index (κ1) is 23.6. The second-order valence-electron chi connectivity index (χ2n) is 1.90. The minimum atomic E-state index is -5.87. The number of aliphatic carboxylic acids is 2. The van der Waals surface area contributed by atoms with Crippen molar-refractivity contribution in [2.75, 3.05) is 0 Å². The van der Waals surface area contributed by atoms with Crippen LogP contribution in [0.1, 0.15) is 1.43 Å². The molecule has 0 fully saturated rings. The van der Waals surface area contributed by atoms with Crippen molar-refractivity contribution in [3.63, 3.8) is 0 Å². The van der Waals surface area contributed by atoms with Crippen molar-refractivity contribution in [2.24, 2.45) is 0 Å². The van der Waals surface area contributed by atoms with Crippen LogP contribution in [0.2, 0.25) is 0 Å². The van der Waals surface area contributed by atoms with Gasteiger partial charge in [-0.1, -0.05) is 0 Å². The zero-order valence-corrected chi connectivity index (χ0v) is 13.8. The number of isothiocyanates is 1. The van der Waals surface area contributed by atoms with Crippen molar-refractivity contribution in [1.29, 1.82) is 5.41 Å². The summed E-state index contributed by atoms with van der Waals surface area (Å²) in [5, 5.41) is 23.1. The van der Waals surface area contributed by atoms with Gasteiger partial charge in [-0.05, 0) is 12.2 Å².